The van der Waals surface area contributed by atoms with Gasteiger partial charge in [0, 0.05) is 13.2 Å². The largest absolute Gasteiger partial charge is 0.480 e. The van der Waals surface area contributed by atoms with Crippen molar-refractivity contribution < 1.29 is 14.7 Å². The normalized spacial score (nSPS) is 14.2. The van der Waals surface area contributed by atoms with E-state index in [1.807, 2.05) is 0 Å². The molecule has 6 heteroatoms. The average Bonchev–Trinajstić information content (AvgIpc) is 2.64. The van der Waals surface area contributed by atoms with Gasteiger partial charge < -0.3 is 10.4 Å². The number of carbonyl (C=O) groups is 2. The molecule has 0 aliphatic heterocycles. The van der Waals surface area contributed by atoms with E-state index in [2.05, 4.69) is 10.4 Å². The average molecular weight is 225 g/mol. The van der Waals surface area contributed by atoms with Crippen LogP contribution in [0, 0.1) is 0 Å². The molecule has 2 N–H and O–H groups in total. The molecule has 1 heterocycles. The Morgan fingerprint density at radius 3 is 2.62 bits per heavy atom. The van der Waals surface area contributed by atoms with Crippen LogP contribution in [0.4, 0.5) is 0 Å². The molecule has 0 aromatic carbocycles. The van der Waals surface area contributed by atoms with Gasteiger partial charge in [-0.1, -0.05) is 6.92 Å². The molecule has 6 nitrogen and oxygen atoms in total. The second kappa shape index (κ2) is 4.34. The molecule has 1 aromatic rings. The molecule has 0 radical (unpaired) electrons. The molecule has 1 atom stereocenters. The van der Waals surface area contributed by atoms with Crippen molar-refractivity contribution in [2.75, 3.05) is 0 Å². The second-order valence-corrected chi connectivity index (χ2v) is 3.82. The van der Waals surface area contributed by atoms with Crippen LogP contribution in [0.5, 0.6) is 0 Å². The molecule has 0 bridgehead atoms. The summed E-state index contributed by atoms with van der Waals surface area (Å²) in [6.45, 7) is 3.17. The maximum atomic E-state index is 11.7. The number of nitrogens with one attached hydrogen (secondary N) is 1. The maximum absolute atomic E-state index is 11.7. The maximum Gasteiger partial charge on any atom is 0.329 e. The van der Waals surface area contributed by atoms with Gasteiger partial charge in [0.15, 0.2) is 0 Å². The monoisotopic (exact) mass is 225 g/mol. The van der Waals surface area contributed by atoms with Crippen molar-refractivity contribution in [3.05, 3.63) is 18.0 Å². The summed E-state index contributed by atoms with van der Waals surface area (Å²) in [4.78, 5) is 22.7. The van der Waals surface area contributed by atoms with E-state index in [0.29, 0.717) is 6.42 Å². The van der Waals surface area contributed by atoms with E-state index in [9.17, 15) is 9.59 Å². The number of carbonyl (C=O) groups excluding carboxylic acids is 1. The van der Waals surface area contributed by atoms with Gasteiger partial charge in [0.1, 0.15) is 11.2 Å². The van der Waals surface area contributed by atoms with Crippen molar-refractivity contribution in [1.82, 2.24) is 15.1 Å². The minimum atomic E-state index is -1.26. The van der Waals surface area contributed by atoms with Gasteiger partial charge in [0.2, 0.25) is 0 Å². The van der Waals surface area contributed by atoms with E-state index in [1.54, 1.807) is 20.2 Å². The molecule has 16 heavy (non-hydrogen) atoms. The van der Waals surface area contributed by atoms with E-state index in [1.165, 1.54) is 17.7 Å². The standard InChI is InChI=1S/C10H15N3O3/c1-4-10(2,9(15)16)11-8(14)7-5-6-13(3)12-7/h5-6H,4H2,1-3H3,(H,11,14)(H,15,16). The van der Waals surface area contributed by atoms with Crippen LogP contribution in [0.25, 0.3) is 0 Å². The molecule has 88 valence electrons. The van der Waals surface area contributed by atoms with Crippen molar-refractivity contribution in [2.24, 2.45) is 7.05 Å². The first kappa shape index (κ1) is 12.2. The Morgan fingerprint density at radius 1 is 1.62 bits per heavy atom. The third kappa shape index (κ3) is 2.39. The van der Waals surface area contributed by atoms with Gasteiger partial charge in [-0.05, 0) is 19.4 Å². The van der Waals surface area contributed by atoms with Crippen molar-refractivity contribution in [3.8, 4) is 0 Å². The van der Waals surface area contributed by atoms with Crippen molar-refractivity contribution in [1.29, 1.82) is 0 Å². The molecule has 0 saturated heterocycles. The fourth-order valence-electron chi connectivity index (χ4n) is 1.14. The Bertz CT molecular complexity index is 413. The predicted molar refractivity (Wildman–Crippen MR) is 57.0 cm³/mol. The van der Waals surface area contributed by atoms with Gasteiger partial charge in [-0.25, -0.2) is 4.79 Å². The highest BCUT2D eigenvalue weighted by Crippen LogP contribution is 2.10. The SMILES string of the molecule is CCC(C)(NC(=O)c1ccn(C)n1)C(=O)O. The highest BCUT2D eigenvalue weighted by atomic mass is 16.4. The van der Waals surface area contributed by atoms with Crippen LogP contribution in [-0.4, -0.2) is 32.3 Å². The number of carboxylic acid groups (broad SMARTS) is 1. The van der Waals surface area contributed by atoms with Crippen molar-refractivity contribution >= 4 is 11.9 Å². The van der Waals surface area contributed by atoms with E-state index in [4.69, 9.17) is 5.11 Å². The van der Waals surface area contributed by atoms with Gasteiger partial charge in [0.05, 0.1) is 0 Å². The molecule has 0 fully saturated rings. The predicted octanol–water partition coefficient (Wildman–Crippen LogP) is 0.403. The lowest BCUT2D eigenvalue weighted by molar-refractivity contribution is -0.143. The molecule has 0 aliphatic rings. The summed E-state index contributed by atoms with van der Waals surface area (Å²) in [7, 11) is 1.69. The Balaban J connectivity index is 2.81. The van der Waals surface area contributed by atoms with Gasteiger partial charge >= 0.3 is 5.97 Å². The zero-order valence-corrected chi connectivity index (χ0v) is 9.52. The van der Waals surface area contributed by atoms with E-state index >= 15 is 0 Å². The minimum Gasteiger partial charge on any atom is -0.480 e. The number of hydrogen-bond donors (Lipinski definition) is 2. The number of nitrogens with zero attached hydrogens (tertiary/aromatic N) is 2. The fraction of sp³-hybridized carbons (Fsp3) is 0.500. The molecule has 1 aromatic heterocycles. The zero-order valence-electron chi connectivity index (χ0n) is 9.52. The smallest absolute Gasteiger partial charge is 0.329 e. The van der Waals surface area contributed by atoms with Crippen LogP contribution in [0.2, 0.25) is 0 Å². The molecule has 1 amide bonds. The minimum absolute atomic E-state index is 0.212. The number of rotatable bonds is 4. The summed E-state index contributed by atoms with van der Waals surface area (Å²) in [6.07, 6.45) is 1.93. The first-order chi connectivity index (χ1) is 7.39. The lowest BCUT2D eigenvalue weighted by Crippen LogP contribution is -2.51. The molecule has 0 saturated carbocycles. The molecular formula is C10H15N3O3. The second-order valence-electron chi connectivity index (χ2n) is 3.82. The zero-order chi connectivity index (χ0) is 12.3. The van der Waals surface area contributed by atoms with Crippen molar-refractivity contribution in [2.45, 2.75) is 25.8 Å². The Labute approximate surface area is 93.3 Å². The number of carboxylic acids is 1. The van der Waals surface area contributed by atoms with Crippen molar-refractivity contribution in [3.63, 3.8) is 0 Å². The van der Waals surface area contributed by atoms with Crippen LogP contribution >= 0.6 is 0 Å². The molecular weight excluding hydrogens is 210 g/mol. The van der Waals surface area contributed by atoms with Crippen LogP contribution in [0.3, 0.4) is 0 Å². The van der Waals surface area contributed by atoms with Crippen LogP contribution in [-0.2, 0) is 11.8 Å². The van der Waals surface area contributed by atoms with E-state index in [-0.39, 0.29) is 5.69 Å². The van der Waals surface area contributed by atoms with Gasteiger partial charge in [-0.3, -0.25) is 9.48 Å². The number of amides is 1. The molecule has 1 rings (SSSR count). The number of aryl methyl sites for hydroxylation is 1. The quantitative estimate of drug-likeness (QED) is 0.777. The highest BCUT2D eigenvalue weighted by molar-refractivity contribution is 5.96. The van der Waals surface area contributed by atoms with Crippen LogP contribution in [0.1, 0.15) is 30.8 Å². The summed E-state index contributed by atoms with van der Waals surface area (Å²) in [5, 5.41) is 15.4. The Kier molecular flexibility index (Phi) is 3.31. The molecule has 1 unspecified atom stereocenters. The summed E-state index contributed by atoms with van der Waals surface area (Å²) in [6, 6.07) is 1.53. The topological polar surface area (TPSA) is 84.2 Å². The third-order valence-corrected chi connectivity index (χ3v) is 2.51. The number of aliphatic carboxylic acids is 1. The lowest BCUT2D eigenvalue weighted by atomic mass is 9.99. The third-order valence-electron chi connectivity index (χ3n) is 2.51. The van der Waals surface area contributed by atoms with Gasteiger partial charge in [0.25, 0.3) is 5.91 Å². The first-order valence-corrected chi connectivity index (χ1v) is 4.94. The summed E-state index contributed by atoms with van der Waals surface area (Å²) >= 11 is 0. The summed E-state index contributed by atoms with van der Waals surface area (Å²) in [5.41, 5.74) is -1.04. The Morgan fingerprint density at radius 2 is 2.25 bits per heavy atom. The van der Waals surface area contributed by atoms with E-state index in [0.717, 1.165) is 0 Å². The summed E-state index contributed by atoms with van der Waals surface area (Å²) in [5.74, 6) is -1.54. The summed E-state index contributed by atoms with van der Waals surface area (Å²) < 4.78 is 1.49. The van der Waals surface area contributed by atoms with E-state index < -0.39 is 17.4 Å². The van der Waals surface area contributed by atoms with Crippen LogP contribution in [0.15, 0.2) is 12.3 Å². The highest BCUT2D eigenvalue weighted by Gasteiger charge is 2.33. The Hall–Kier alpha value is -1.85. The number of aromatic nitrogens is 2. The van der Waals surface area contributed by atoms with Gasteiger partial charge in [-0.15, -0.1) is 0 Å². The first-order valence-electron chi connectivity index (χ1n) is 4.94. The molecule has 0 spiro atoms. The van der Waals surface area contributed by atoms with Gasteiger partial charge in [-0.2, -0.15) is 5.10 Å². The lowest BCUT2D eigenvalue weighted by Gasteiger charge is -2.23. The number of hydrogen-bond acceptors (Lipinski definition) is 3. The fourth-order valence-corrected chi connectivity index (χ4v) is 1.14. The van der Waals surface area contributed by atoms with Crippen LogP contribution < -0.4 is 5.32 Å². The molecule has 0 aliphatic carbocycles.